The summed E-state index contributed by atoms with van der Waals surface area (Å²) < 4.78 is 12.4. The second-order valence-electron chi connectivity index (χ2n) is 7.97. The van der Waals surface area contributed by atoms with Gasteiger partial charge in [0, 0.05) is 17.7 Å². The Balaban J connectivity index is 1.58. The van der Waals surface area contributed by atoms with Crippen LogP contribution in [0.2, 0.25) is 10.0 Å². The van der Waals surface area contributed by atoms with Crippen LogP contribution in [0, 0.1) is 0 Å². The first-order chi connectivity index (χ1) is 15.9. The number of rotatable bonds is 4. The van der Waals surface area contributed by atoms with E-state index in [4.69, 9.17) is 38.4 Å². The van der Waals surface area contributed by atoms with Crippen molar-refractivity contribution in [2.45, 2.75) is 24.8 Å². The summed E-state index contributed by atoms with van der Waals surface area (Å²) in [5.74, 6) is 1.83. The number of nitrogens with one attached hydrogen (secondary N) is 1. The number of ether oxygens (including phenoxy) is 2. The number of carbonyl (C=O) groups excluding carboxylic acids is 1. The van der Waals surface area contributed by atoms with Crippen molar-refractivity contribution in [2.75, 3.05) is 25.3 Å². The Morgan fingerprint density at radius 1 is 1.03 bits per heavy atom. The van der Waals surface area contributed by atoms with Crippen molar-refractivity contribution >= 4 is 40.9 Å². The molecule has 5 rings (SSSR count). The van der Waals surface area contributed by atoms with E-state index in [1.54, 1.807) is 31.0 Å². The lowest BCUT2D eigenvalue weighted by molar-refractivity contribution is -0.116. The molecule has 33 heavy (non-hydrogen) atoms. The third-order valence-electron chi connectivity index (χ3n) is 6.07. The fraction of sp³-hybridized carbons (Fsp3) is 0.261. The summed E-state index contributed by atoms with van der Waals surface area (Å²) in [5, 5.41) is 8.45. The number of methoxy groups -OCH3 is 2. The monoisotopic (exact) mass is 485 g/mol. The van der Waals surface area contributed by atoms with Gasteiger partial charge in [-0.2, -0.15) is 4.98 Å². The number of halogens is 2. The standard InChI is InChI=1S/C23H21Cl2N5O3/c1-32-18-6-4-11(10-19(18)33-2)13-8-16-20(17(31)9-13)21(12-3-5-14(24)15(25)7-12)30-23(27-16)28-22(26)29-30/h3-7,10,13,21H,8-9H2,1-2H3,(H3,26,27,28,29)/t13-,21+/m1/s1. The molecular weight excluding hydrogens is 465 g/mol. The zero-order valence-electron chi connectivity index (χ0n) is 17.9. The fourth-order valence-corrected chi connectivity index (χ4v) is 4.87. The highest BCUT2D eigenvalue weighted by Crippen LogP contribution is 2.45. The summed E-state index contributed by atoms with van der Waals surface area (Å²) in [6.07, 6.45) is 0.953. The normalized spacial score (nSPS) is 19.6. The van der Waals surface area contributed by atoms with Crippen molar-refractivity contribution in [2.24, 2.45) is 0 Å². The van der Waals surface area contributed by atoms with Crippen LogP contribution < -0.4 is 20.5 Å². The molecule has 2 aliphatic rings. The Morgan fingerprint density at radius 2 is 1.79 bits per heavy atom. The molecule has 1 aromatic heterocycles. The highest BCUT2D eigenvalue weighted by Gasteiger charge is 2.40. The molecule has 0 saturated carbocycles. The molecule has 2 aromatic carbocycles. The van der Waals surface area contributed by atoms with Crippen LogP contribution in [0.3, 0.4) is 0 Å². The van der Waals surface area contributed by atoms with Gasteiger partial charge in [0.05, 0.1) is 24.3 Å². The van der Waals surface area contributed by atoms with Crippen molar-refractivity contribution in [1.29, 1.82) is 0 Å². The van der Waals surface area contributed by atoms with Crippen LogP contribution in [0.1, 0.15) is 35.9 Å². The number of Topliss-reactive ketones (excluding diaryl/α,β-unsaturated/α-hetero) is 1. The van der Waals surface area contributed by atoms with Gasteiger partial charge >= 0.3 is 0 Å². The summed E-state index contributed by atoms with van der Waals surface area (Å²) >= 11 is 12.4. The van der Waals surface area contributed by atoms with E-state index in [-0.39, 0.29) is 17.6 Å². The maximum Gasteiger partial charge on any atom is 0.241 e. The molecule has 1 aliphatic carbocycles. The Labute approximate surface area is 200 Å². The molecule has 1 aliphatic heterocycles. The number of allylic oxidation sites excluding steroid dienone is 2. The molecule has 2 atom stereocenters. The molecule has 170 valence electrons. The smallest absolute Gasteiger partial charge is 0.241 e. The SMILES string of the molecule is COc1ccc([C@H]2CC(=O)C3=C(C2)Nc2nc(N)nn2[C@H]3c2ccc(Cl)c(Cl)c2)cc1OC. The zero-order chi connectivity index (χ0) is 23.3. The van der Waals surface area contributed by atoms with Crippen LogP contribution in [0.15, 0.2) is 47.7 Å². The van der Waals surface area contributed by atoms with Gasteiger partial charge in [0.25, 0.3) is 0 Å². The van der Waals surface area contributed by atoms with Gasteiger partial charge in [-0.1, -0.05) is 35.3 Å². The number of ketones is 1. The van der Waals surface area contributed by atoms with Crippen LogP contribution in [0.25, 0.3) is 0 Å². The van der Waals surface area contributed by atoms with Crippen LogP contribution in [-0.2, 0) is 4.79 Å². The van der Waals surface area contributed by atoms with Gasteiger partial charge in [0.1, 0.15) is 6.04 Å². The maximum atomic E-state index is 13.5. The molecular formula is C23H21Cl2N5O3. The Kier molecular flexibility index (Phi) is 5.42. The van der Waals surface area contributed by atoms with Gasteiger partial charge in [-0.05, 0) is 47.7 Å². The molecule has 10 heteroatoms. The van der Waals surface area contributed by atoms with Crippen LogP contribution in [-0.4, -0.2) is 34.8 Å². The molecule has 0 bridgehead atoms. The van der Waals surface area contributed by atoms with Gasteiger partial charge in [0.2, 0.25) is 11.9 Å². The number of benzene rings is 2. The first-order valence-electron chi connectivity index (χ1n) is 10.3. The molecule has 0 radical (unpaired) electrons. The quantitative estimate of drug-likeness (QED) is 0.556. The van der Waals surface area contributed by atoms with Gasteiger partial charge < -0.3 is 20.5 Å². The Hall–Kier alpha value is -3.23. The summed E-state index contributed by atoms with van der Waals surface area (Å²) in [4.78, 5) is 17.8. The number of nitrogens with zero attached hydrogens (tertiary/aromatic N) is 3. The first-order valence-corrected chi connectivity index (χ1v) is 11.1. The largest absolute Gasteiger partial charge is 0.493 e. The highest BCUT2D eigenvalue weighted by molar-refractivity contribution is 6.42. The second-order valence-corrected chi connectivity index (χ2v) is 8.79. The molecule has 0 amide bonds. The van der Waals surface area contributed by atoms with Crippen LogP contribution >= 0.6 is 23.2 Å². The highest BCUT2D eigenvalue weighted by atomic mass is 35.5. The minimum atomic E-state index is -0.505. The second kappa shape index (κ2) is 8.28. The van der Waals surface area contributed by atoms with E-state index in [1.807, 2.05) is 24.3 Å². The lowest BCUT2D eigenvalue weighted by Crippen LogP contribution is -2.33. The zero-order valence-corrected chi connectivity index (χ0v) is 19.4. The summed E-state index contributed by atoms with van der Waals surface area (Å²) in [6.45, 7) is 0. The van der Waals surface area contributed by atoms with Gasteiger partial charge in [0.15, 0.2) is 17.3 Å². The van der Waals surface area contributed by atoms with E-state index in [9.17, 15) is 4.79 Å². The molecule has 0 spiro atoms. The van der Waals surface area contributed by atoms with E-state index in [2.05, 4.69) is 15.4 Å². The predicted molar refractivity (Wildman–Crippen MR) is 126 cm³/mol. The molecule has 0 saturated heterocycles. The number of carbonyl (C=O) groups is 1. The molecule has 3 aromatic rings. The topological polar surface area (TPSA) is 104 Å². The van der Waals surface area contributed by atoms with E-state index < -0.39 is 6.04 Å². The summed E-state index contributed by atoms with van der Waals surface area (Å²) in [6, 6.07) is 10.5. The first kappa shape index (κ1) is 21.6. The van der Waals surface area contributed by atoms with Gasteiger partial charge in [-0.3, -0.25) is 4.79 Å². The van der Waals surface area contributed by atoms with E-state index in [0.717, 1.165) is 16.8 Å². The number of nitrogen functional groups attached to an aromatic ring is 1. The van der Waals surface area contributed by atoms with Crippen molar-refractivity contribution in [3.05, 3.63) is 68.8 Å². The van der Waals surface area contributed by atoms with Crippen molar-refractivity contribution in [3.63, 3.8) is 0 Å². The average Bonchev–Trinajstić information content (AvgIpc) is 3.18. The van der Waals surface area contributed by atoms with Crippen molar-refractivity contribution in [1.82, 2.24) is 14.8 Å². The van der Waals surface area contributed by atoms with Crippen LogP contribution in [0.4, 0.5) is 11.9 Å². The predicted octanol–water partition coefficient (Wildman–Crippen LogP) is 4.60. The molecule has 0 fully saturated rings. The number of nitrogens with two attached hydrogens (primary N) is 1. The van der Waals surface area contributed by atoms with Gasteiger partial charge in [-0.15, -0.1) is 5.10 Å². The average molecular weight is 486 g/mol. The van der Waals surface area contributed by atoms with Gasteiger partial charge in [-0.25, -0.2) is 4.68 Å². The van der Waals surface area contributed by atoms with E-state index in [1.165, 1.54) is 0 Å². The minimum absolute atomic E-state index is 0.0133. The number of hydrogen-bond acceptors (Lipinski definition) is 7. The number of hydrogen-bond donors (Lipinski definition) is 2. The third kappa shape index (κ3) is 3.69. The number of aromatic nitrogens is 3. The molecule has 3 N–H and O–H groups in total. The van der Waals surface area contributed by atoms with Crippen LogP contribution in [0.5, 0.6) is 11.5 Å². The summed E-state index contributed by atoms with van der Waals surface area (Å²) in [5.41, 5.74) is 9.09. The number of anilines is 2. The lowest BCUT2D eigenvalue weighted by Gasteiger charge is -2.35. The lowest BCUT2D eigenvalue weighted by atomic mass is 9.78. The minimum Gasteiger partial charge on any atom is -0.493 e. The fourth-order valence-electron chi connectivity index (χ4n) is 4.56. The third-order valence-corrected chi connectivity index (χ3v) is 6.81. The van der Waals surface area contributed by atoms with E-state index >= 15 is 0 Å². The number of fused-ring (bicyclic) bond motifs is 1. The van der Waals surface area contributed by atoms with E-state index in [0.29, 0.717) is 45.9 Å². The summed E-state index contributed by atoms with van der Waals surface area (Å²) in [7, 11) is 3.19. The maximum absolute atomic E-state index is 13.5. The van der Waals surface area contributed by atoms with Crippen molar-refractivity contribution in [3.8, 4) is 11.5 Å². The molecule has 0 unspecified atom stereocenters. The van der Waals surface area contributed by atoms with Crippen molar-refractivity contribution < 1.29 is 14.3 Å². The molecule has 2 heterocycles. The Morgan fingerprint density at radius 3 is 2.52 bits per heavy atom. The Bertz CT molecular complexity index is 1300. The molecule has 8 nitrogen and oxygen atoms in total.